The first kappa shape index (κ1) is 15.7. The van der Waals surface area contributed by atoms with E-state index in [9.17, 15) is 0 Å². The standard InChI is InChI=1S/C19H18ClN5/c1-25(19-21-10-11-22-19)23-12-16-15-4-2-3-5-17(15)24-18(16)13-6-8-14(20)9-7-13/h2-9,12,24H,10-11H2,1H3,(H,21,22). The van der Waals surface area contributed by atoms with Gasteiger partial charge in [0.1, 0.15) is 0 Å². The lowest BCUT2D eigenvalue weighted by atomic mass is 10.1. The lowest BCUT2D eigenvalue weighted by Gasteiger charge is -2.12. The summed E-state index contributed by atoms with van der Waals surface area (Å²) in [5.74, 6) is 0.795. The maximum absolute atomic E-state index is 6.03. The summed E-state index contributed by atoms with van der Waals surface area (Å²) in [7, 11) is 1.89. The van der Waals surface area contributed by atoms with Crippen LogP contribution >= 0.6 is 11.6 Å². The SMILES string of the molecule is CN(N=Cc1c(-c2ccc(Cl)cc2)[nH]c2ccccc12)C1=NCCN1. The fraction of sp³-hybridized carbons (Fsp3) is 0.158. The van der Waals surface area contributed by atoms with Crippen molar-refractivity contribution in [1.82, 2.24) is 15.3 Å². The van der Waals surface area contributed by atoms with Crippen molar-refractivity contribution < 1.29 is 0 Å². The third-order valence-electron chi connectivity index (χ3n) is 4.20. The van der Waals surface area contributed by atoms with E-state index in [1.807, 2.05) is 49.7 Å². The highest BCUT2D eigenvalue weighted by Crippen LogP contribution is 2.29. The first-order valence-corrected chi connectivity index (χ1v) is 8.53. The fourth-order valence-electron chi connectivity index (χ4n) is 2.94. The Bertz CT molecular complexity index is 956. The normalized spacial score (nSPS) is 14.1. The lowest BCUT2D eigenvalue weighted by molar-refractivity contribution is 0.531. The van der Waals surface area contributed by atoms with Gasteiger partial charge in [-0.25, -0.2) is 10.0 Å². The van der Waals surface area contributed by atoms with Crippen LogP contribution in [0.4, 0.5) is 0 Å². The van der Waals surface area contributed by atoms with Gasteiger partial charge in [-0.15, -0.1) is 0 Å². The number of hydrogen-bond acceptors (Lipinski definition) is 4. The molecule has 2 heterocycles. The van der Waals surface area contributed by atoms with E-state index in [-0.39, 0.29) is 0 Å². The number of benzene rings is 2. The number of nitrogens with one attached hydrogen (secondary N) is 2. The van der Waals surface area contributed by atoms with Crippen molar-refractivity contribution in [2.45, 2.75) is 0 Å². The molecule has 5 nitrogen and oxygen atoms in total. The van der Waals surface area contributed by atoms with Gasteiger partial charge in [0.2, 0.25) is 5.96 Å². The Kier molecular flexibility index (Phi) is 4.15. The zero-order valence-electron chi connectivity index (χ0n) is 13.8. The van der Waals surface area contributed by atoms with Crippen LogP contribution in [-0.4, -0.2) is 42.3 Å². The van der Waals surface area contributed by atoms with E-state index in [4.69, 9.17) is 11.6 Å². The predicted octanol–water partition coefficient (Wildman–Crippen LogP) is 3.71. The average molecular weight is 352 g/mol. The molecule has 126 valence electrons. The molecular weight excluding hydrogens is 334 g/mol. The highest BCUT2D eigenvalue weighted by molar-refractivity contribution is 6.30. The Hall–Kier alpha value is -2.79. The molecule has 1 aliphatic rings. The third-order valence-corrected chi connectivity index (χ3v) is 4.45. The van der Waals surface area contributed by atoms with E-state index in [0.29, 0.717) is 0 Å². The van der Waals surface area contributed by atoms with Crippen LogP contribution < -0.4 is 5.32 Å². The van der Waals surface area contributed by atoms with Crippen molar-refractivity contribution >= 4 is 34.7 Å². The molecule has 0 spiro atoms. The number of nitrogens with zero attached hydrogens (tertiary/aromatic N) is 3. The fourth-order valence-corrected chi connectivity index (χ4v) is 3.07. The molecule has 0 aliphatic carbocycles. The van der Waals surface area contributed by atoms with Crippen LogP contribution in [0.2, 0.25) is 5.02 Å². The summed E-state index contributed by atoms with van der Waals surface area (Å²) in [5.41, 5.74) is 4.22. The van der Waals surface area contributed by atoms with E-state index in [1.165, 1.54) is 0 Å². The number of aliphatic imine (C=N–C) groups is 1. The van der Waals surface area contributed by atoms with Crippen LogP contribution in [0.5, 0.6) is 0 Å². The van der Waals surface area contributed by atoms with Gasteiger partial charge in [-0.05, 0) is 23.8 Å². The first-order valence-electron chi connectivity index (χ1n) is 8.15. The molecule has 0 atom stereocenters. The zero-order valence-corrected chi connectivity index (χ0v) is 14.6. The van der Waals surface area contributed by atoms with Crippen LogP contribution in [0.25, 0.3) is 22.2 Å². The Morgan fingerprint density at radius 3 is 2.72 bits per heavy atom. The summed E-state index contributed by atoms with van der Waals surface area (Å²) in [6.45, 7) is 1.65. The van der Waals surface area contributed by atoms with Crippen LogP contribution in [0.1, 0.15) is 5.56 Å². The van der Waals surface area contributed by atoms with Crippen molar-refractivity contribution in [2.75, 3.05) is 20.1 Å². The van der Waals surface area contributed by atoms with Crippen molar-refractivity contribution in [3.63, 3.8) is 0 Å². The topological polar surface area (TPSA) is 55.8 Å². The molecule has 0 amide bonds. The van der Waals surface area contributed by atoms with Crippen LogP contribution in [0.3, 0.4) is 0 Å². The molecular formula is C19H18ClN5. The van der Waals surface area contributed by atoms with Crippen LogP contribution in [0, 0.1) is 0 Å². The number of aromatic nitrogens is 1. The van der Waals surface area contributed by atoms with Gasteiger partial charge in [-0.3, -0.25) is 0 Å². The molecule has 1 aromatic heterocycles. The van der Waals surface area contributed by atoms with Crippen molar-refractivity contribution in [2.24, 2.45) is 10.1 Å². The molecule has 1 aliphatic heterocycles. The van der Waals surface area contributed by atoms with Crippen LogP contribution in [-0.2, 0) is 0 Å². The summed E-state index contributed by atoms with van der Waals surface area (Å²) in [5, 5.41) is 11.4. The van der Waals surface area contributed by atoms with E-state index >= 15 is 0 Å². The minimum Gasteiger partial charge on any atom is -0.354 e. The van der Waals surface area contributed by atoms with E-state index in [1.54, 1.807) is 5.01 Å². The number of halogens is 1. The molecule has 25 heavy (non-hydrogen) atoms. The number of hydrogen-bond donors (Lipinski definition) is 2. The Morgan fingerprint density at radius 1 is 1.16 bits per heavy atom. The van der Waals surface area contributed by atoms with Gasteiger partial charge in [-0.1, -0.05) is 41.9 Å². The first-order chi connectivity index (χ1) is 12.2. The van der Waals surface area contributed by atoms with E-state index < -0.39 is 0 Å². The molecule has 4 rings (SSSR count). The molecule has 0 saturated carbocycles. The minimum absolute atomic E-state index is 0.722. The van der Waals surface area contributed by atoms with Crippen molar-refractivity contribution in [3.05, 3.63) is 59.1 Å². The highest BCUT2D eigenvalue weighted by Gasteiger charge is 2.13. The van der Waals surface area contributed by atoms with Gasteiger partial charge in [-0.2, -0.15) is 5.10 Å². The molecule has 0 saturated heterocycles. The van der Waals surface area contributed by atoms with Crippen molar-refractivity contribution in [3.8, 4) is 11.3 Å². The number of aromatic amines is 1. The molecule has 0 radical (unpaired) electrons. The summed E-state index contributed by atoms with van der Waals surface area (Å²) in [6.07, 6.45) is 1.88. The number of guanidine groups is 1. The quantitative estimate of drug-likeness (QED) is 0.558. The Balaban J connectivity index is 1.78. The summed E-state index contributed by atoms with van der Waals surface area (Å²) < 4.78 is 0. The second-order valence-electron chi connectivity index (χ2n) is 5.87. The molecule has 0 fully saturated rings. The maximum Gasteiger partial charge on any atom is 0.214 e. The summed E-state index contributed by atoms with van der Waals surface area (Å²) >= 11 is 6.03. The number of para-hydroxylation sites is 1. The zero-order chi connectivity index (χ0) is 17.2. The molecule has 6 heteroatoms. The average Bonchev–Trinajstić information content (AvgIpc) is 3.28. The lowest BCUT2D eigenvalue weighted by Crippen LogP contribution is -2.32. The monoisotopic (exact) mass is 351 g/mol. The van der Waals surface area contributed by atoms with Gasteiger partial charge in [0.05, 0.1) is 18.5 Å². The molecule has 3 aromatic rings. The van der Waals surface area contributed by atoms with E-state index in [2.05, 4.69) is 32.5 Å². The van der Waals surface area contributed by atoms with Gasteiger partial charge in [0, 0.05) is 35.1 Å². The smallest absolute Gasteiger partial charge is 0.214 e. The van der Waals surface area contributed by atoms with Gasteiger partial charge < -0.3 is 10.3 Å². The van der Waals surface area contributed by atoms with E-state index in [0.717, 1.165) is 51.8 Å². The largest absolute Gasteiger partial charge is 0.354 e. The summed E-state index contributed by atoms with van der Waals surface area (Å²) in [4.78, 5) is 7.88. The molecule has 0 unspecified atom stereocenters. The van der Waals surface area contributed by atoms with Gasteiger partial charge >= 0.3 is 0 Å². The molecule has 0 bridgehead atoms. The number of fused-ring (bicyclic) bond motifs is 1. The third kappa shape index (κ3) is 3.10. The Morgan fingerprint density at radius 2 is 1.96 bits per heavy atom. The second-order valence-corrected chi connectivity index (χ2v) is 6.30. The number of H-pyrrole nitrogens is 1. The predicted molar refractivity (Wildman–Crippen MR) is 104 cm³/mol. The Labute approximate surface area is 151 Å². The summed E-state index contributed by atoms with van der Waals surface area (Å²) in [6, 6.07) is 16.0. The highest BCUT2D eigenvalue weighted by atomic mass is 35.5. The van der Waals surface area contributed by atoms with Gasteiger partial charge in [0.15, 0.2) is 0 Å². The van der Waals surface area contributed by atoms with Crippen LogP contribution in [0.15, 0.2) is 58.6 Å². The minimum atomic E-state index is 0.722. The number of rotatable bonds is 3. The number of hydrazone groups is 1. The van der Waals surface area contributed by atoms with Crippen molar-refractivity contribution in [1.29, 1.82) is 0 Å². The maximum atomic E-state index is 6.03. The second kappa shape index (κ2) is 6.61. The van der Waals surface area contributed by atoms with Gasteiger partial charge in [0.25, 0.3) is 0 Å². The molecule has 2 N–H and O–H groups in total. The molecule has 2 aromatic carbocycles.